The molecule has 0 saturated carbocycles. The number of carbonyl (C=O) groups is 1. The fourth-order valence-electron chi connectivity index (χ4n) is 1.64. The van der Waals surface area contributed by atoms with E-state index in [0.29, 0.717) is 17.7 Å². The van der Waals surface area contributed by atoms with Gasteiger partial charge < -0.3 is 15.8 Å². The van der Waals surface area contributed by atoms with E-state index in [4.69, 9.17) is 10.5 Å². The number of alkyl halides is 3. The van der Waals surface area contributed by atoms with E-state index in [0.717, 1.165) is 0 Å². The van der Waals surface area contributed by atoms with Gasteiger partial charge in [0.2, 0.25) is 5.91 Å². The van der Waals surface area contributed by atoms with Crippen molar-refractivity contribution in [3.63, 3.8) is 0 Å². The second kappa shape index (κ2) is 7.31. The van der Waals surface area contributed by atoms with Crippen molar-refractivity contribution in [2.45, 2.75) is 38.9 Å². The summed E-state index contributed by atoms with van der Waals surface area (Å²) >= 11 is 0. The summed E-state index contributed by atoms with van der Waals surface area (Å²) in [5.41, 5.74) is 6.45. The van der Waals surface area contributed by atoms with Crippen LogP contribution in [0.15, 0.2) is 18.2 Å². The van der Waals surface area contributed by atoms with Gasteiger partial charge in [-0.05, 0) is 32.4 Å². The predicted molar refractivity (Wildman–Crippen MR) is 74.2 cm³/mol. The van der Waals surface area contributed by atoms with Gasteiger partial charge >= 0.3 is 6.18 Å². The Morgan fingerprint density at radius 2 is 2.10 bits per heavy atom. The highest BCUT2D eigenvalue weighted by molar-refractivity contribution is 5.91. The van der Waals surface area contributed by atoms with Gasteiger partial charge in [0, 0.05) is 23.7 Å². The summed E-state index contributed by atoms with van der Waals surface area (Å²) in [5.74, 6) is -0.138. The summed E-state index contributed by atoms with van der Waals surface area (Å²) in [6, 6.07) is 4.48. The van der Waals surface area contributed by atoms with Crippen molar-refractivity contribution < 1.29 is 22.7 Å². The lowest BCUT2D eigenvalue weighted by molar-refractivity contribution is -0.153. The van der Waals surface area contributed by atoms with Gasteiger partial charge in [-0.15, -0.1) is 0 Å². The maximum atomic E-state index is 12.2. The molecule has 1 amide bonds. The van der Waals surface area contributed by atoms with Crippen LogP contribution in [-0.4, -0.2) is 24.7 Å². The molecule has 1 atom stereocenters. The van der Waals surface area contributed by atoms with Crippen LogP contribution in [-0.2, 0) is 4.79 Å². The molecule has 0 heterocycles. The van der Waals surface area contributed by atoms with Gasteiger partial charge in [0.05, 0.1) is 0 Å². The van der Waals surface area contributed by atoms with Gasteiger partial charge in [-0.3, -0.25) is 4.79 Å². The highest BCUT2D eigenvalue weighted by atomic mass is 19.4. The number of amides is 1. The van der Waals surface area contributed by atoms with Crippen LogP contribution in [0.2, 0.25) is 0 Å². The number of anilines is 1. The zero-order chi connectivity index (χ0) is 16.0. The van der Waals surface area contributed by atoms with Gasteiger partial charge in [-0.25, -0.2) is 0 Å². The number of nitrogens with two attached hydrogens (primary N) is 1. The van der Waals surface area contributed by atoms with Gasteiger partial charge in [-0.1, -0.05) is 6.07 Å². The van der Waals surface area contributed by atoms with Crippen molar-refractivity contribution in [3.8, 4) is 5.75 Å². The van der Waals surface area contributed by atoms with Crippen molar-refractivity contribution in [2.24, 2.45) is 5.73 Å². The molecular weight excluding hydrogens is 285 g/mol. The van der Waals surface area contributed by atoms with E-state index in [1.54, 1.807) is 19.9 Å². The number of hydrogen-bond donors (Lipinski definition) is 2. The van der Waals surface area contributed by atoms with E-state index in [1.165, 1.54) is 12.1 Å². The van der Waals surface area contributed by atoms with Gasteiger partial charge in [0.25, 0.3) is 0 Å². The fraction of sp³-hybridized carbons (Fsp3) is 0.500. The van der Waals surface area contributed by atoms with Crippen molar-refractivity contribution in [1.29, 1.82) is 0 Å². The Balaban J connectivity index is 2.69. The fourth-order valence-corrected chi connectivity index (χ4v) is 1.64. The quantitative estimate of drug-likeness (QED) is 0.849. The maximum absolute atomic E-state index is 12.2. The zero-order valence-electron chi connectivity index (χ0n) is 12.0. The van der Waals surface area contributed by atoms with Crippen LogP contribution in [0.5, 0.6) is 5.75 Å². The van der Waals surface area contributed by atoms with E-state index in [9.17, 15) is 18.0 Å². The Hall–Kier alpha value is -1.76. The van der Waals surface area contributed by atoms with E-state index >= 15 is 0 Å². The molecule has 0 aromatic heterocycles. The number of benzene rings is 1. The van der Waals surface area contributed by atoms with Gasteiger partial charge in [0.15, 0.2) is 6.61 Å². The zero-order valence-corrected chi connectivity index (χ0v) is 12.0. The van der Waals surface area contributed by atoms with Gasteiger partial charge in [-0.2, -0.15) is 13.2 Å². The summed E-state index contributed by atoms with van der Waals surface area (Å²) in [6.07, 6.45) is -3.61. The van der Waals surface area contributed by atoms with Crippen molar-refractivity contribution >= 4 is 11.6 Å². The number of ether oxygens (including phenoxy) is 1. The van der Waals surface area contributed by atoms with E-state index in [-0.39, 0.29) is 24.1 Å². The van der Waals surface area contributed by atoms with Crippen LogP contribution in [0.1, 0.15) is 25.3 Å². The molecule has 0 saturated heterocycles. The molecule has 1 unspecified atom stereocenters. The SMILES string of the molecule is Cc1c(NC(=O)CCC(C)N)cccc1OCC(F)(F)F. The molecule has 0 spiro atoms. The predicted octanol–water partition coefficient (Wildman–Crippen LogP) is 3.00. The van der Waals surface area contributed by atoms with Crippen LogP contribution in [0.4, 0.5) is 18.9 Å². The Morgan fingerprint density at radius 1 is 1.43 bits per heavy atom. The lowest BCUT2D eigenvalue weighted by Crippen LogP contribution is -2.21. The largest absolute Gasteiger partial charge is 0.484 e. The number of hydrogen-bond acceptors (Lipinski definition) is 3. The molecule has 0 aliphatic carbocycles. The van der Waals surface area contributed by atoms with E-state index in [2.05, 4.69) is 5.32 Å². The van der Waals surface area contributed by atoms with Gasteiger partial charge in [0.1, 0.15) is 5.75 Å². The Labute approximate surface area is 121 Å². The molecule has 7 heteroatoms. The van der Waals surface area contributed by atoms with E-state index in [1.807, 2.05) is 0 Å². The summed E-state index contributed by atoms with van der Waals surface area (Å²) < 4.78 is 41.2. The van der Waals surface area contributed by atoms with Crippen LogP contribution in [0.3, 0.4) is 0 Å². The average molecular weight is 304 g/mol. The van der Waals surface area contributed by atoms with Crippen LogP contribution < -0.4 is 15.8 Å². The third-order valence-electron chi connectivity index (χ3n) is 2.78. The molecule has 4 nitrogen and oxygen atoms in total. The average Bonchev–Trinajstić information content (AvgIpc) is 2.36. The first-order valence-electron chi connectivity index (χ1n) is 6.53. The first kappa shape index (κ1) is 17.3. The Morgan fingerprint density at radius 3 is 2.67 bits per heavy atom. The number of rotatable bonds is 6. The summed E-state index contributed by atoms with van der Waals surface area (Å²) in [5, 5.41) is 2.65. The lowest BCUT2D eigenvalue weighted by Gasteiger charge is -2.15. The molecule has 0 radical (unpaired) electrons. The molecular formula is C14H19F3N2O2. The molecule has 0 fully saturated rings. The molecule has 118 valence electrons. The number of halogens is 3. The Bertz CT molecular complexity index is 488. The summed E-state index contributed by atoms with van der Waals surface area (Å²) in [7, 11) is 0. The Kier molecular flexibility index (Phi) is 6.02. The normalized spacial score (nSPS) is 12.9. The monoisotopic (exact) mass is 304 g/mol. The minimum Gasteiger partial charge on any atom is -0.484 e. The minimum absolute atomic E-state index is 0.0849. The summed E-state index contributed by atoms with van der Waals surface area (Å²) in [4.78, 5) is 11.7. The summed E-state index contributed by atoms with van der Waals surface area (Å²) in [6.45, 7) is 2.02. The molecule has 0 aliphatic heterocycles. The second-order valence-corrected chi connectivity index (χ2v) is 4.90. The molecule has 1 rings (SSSR count). The molecule has 0 aliphatic rings. The lowest BCUT2D eigenvalue weighted by atomic mass is 10.1. The second-order valence-electron chi connectivity index (χ2n) is 4.90. The number of nitrogens with one attached hydrogen (secondary N) is 1. The smallest absolute Gasteiger partial charge is 0.422 e. The third-order valence-corrected chi connectivity index (χ3v) is 2.78. The first-order valence-corrected chi connectivity index (χ1v) is 6.53. The van der Waals surface area contributed by atoms with Crippen molar-refractivity contribution in [1.82, 2.24) is 0 Å². The third kappa shape index (κ3) is 6.48. The minimum atomic E-state index is -4.40. The highest BCUT2D eigenvalue weighted by Gasteiger charge is 2.28. The maximum Gasteiger partial charge on any atom is 0.422 e. The van der Waals surface area contributed by atoms with Crippen molar-refractivity contribution in [3.05, 3.63) is 23.8 Å². The topological polar surface area (TPSA) is 64.4 Å². The molecule has 3 N–H and O–H groups in total. The molecule has 0 bridgehead atoms. The number of carbonyl (C=O) groups excluding carboxylic acids is 1. The standard InChI is InChI=1S/C14H19F3N2O2/c1-9(18)6-7-13(20)19-11-4-3-5-12(10(11)2)21-8-14(15,16)17/h3-5,9H,6-8,18H2,1-2H3,(H,19,20). The molecule has 1 aromatic carbocycles. The van der Waals surface area contributed by atoms with Crippen LogP contribution in [0, 0.1) is 6.92 Å². The van der Waals surface area contributed by atoms with Crippen LogP contribution >= 0.6 is 0 Å². The molecule has 1 aromatic rings. The van der Waals surface area contributed by atoms with Crippen LogP contribution in [0.25, 0.3) is 0 Å². The van der Waals surface area contributed by atoms with E-state index < -0.39 is 12.8 Å². The highest BCUT2D eigenvalue weighted by Crippen LogP contribution is 2.27. The van der Waals surface area contributed by atoms with Crippen molar-refractivity contribution in [2.75, 3.05) is 11.9 Å². The molecule has 21 heavy (non-hydrogen) atoms. The first-order chi connectivity index (χ1) is 9.69.